The van der Waals surface area contributed by atoms with Gasteiger partial charge in [0, 0.05) is 37.1 Å². The lowest BCUT2D eigenvalue weighted by Crippen LogP contribution is -2.50. The van der Waals surface area contributed by atoms with Crippen LogP contribution in [-0.2, 0) is 13.0 Å². The first-order valence-electron chi connectivity index (χ1n) is 11.0. The standard InChI is InChI=1S/C26H33N3O/c1-26(2,16-20-11-12-22-8-3-4-9-23(22)15-20)28-18-25(30)24-10-6-14-29(24)19-21-7-5-13-27-17-21/h3-5,7-9,11-13,15,17,24-25,28,30H,6,10,14,16,18-19H2,1-2H3/t24-,25-/m1/s1. The number of hydrogen-bond acceptors (Lipinski definition) is 4. The summed E-state index contributed by atoms with van der Waals surface area (Å²) in [7, 11) is 0. The Hall–Kier alpha value is -2.27. The van der Waals surface area contributed by atoms with E-state index in [4.69, 9.17) is 0 Å². The average molecular weight is 404 g/mol. The lowest BCUT2D eigenvalue weighted by molar-refractivity contribution is 0.0632. The van der Waals surface area contributed by atoms with Gasteiger partial charge in [0.05, 0.1) is 6.10 Å². The Morgan fingerprint density at radius 1 is 1.10 bits per heavy atom. The van der Waals surface area contributed by atoms with Crippen LogP contribution >= 0.6 is 0 Å². The highest BCUT2D eigenvalue weighted by atomic mass is 16.3. The second kappa shape index (κ2) is 9.25. The molecule has 0 unspecified atom stereocenters. The molecule has 2 N–H and O–H groups in total. The average Bonchev–Trinajstić information content (AvgIpc) is 3.20. The van der Waals surface area contributed by atoms with Crippen molar-refractivity contribution in [2.45, 2.75) is 57.3 Å². The van der Waals surface area contributed by atoms with Crippen molar-refractivity contribution < 1.29 is 5.11 Å². The van der Waals surface area contributed by atoms with Gasteiger partial charge in [0.25, 0.3) is 0 Å². The van der Waals surface area contributed by atoms with Crippen LogP contribution in [0.15, 0.2) is 67.0 Å². The van der Waals surface area contributed by atoms with Crippen molar-refractivity contribution in [1.29, 1.82) is 0 Å². The fourth-order valence-electron chi connectivity index (χ4n) is 4.65. The molecule has 1 aliphatic rings. The number of β-amino-alcohol motifs (C(OH)–C–C–N with tert-alkyl or cyclic N) is 1. The number of aliphatic hydroxyl groups excluding tert-OH is 1. The third kappa shape index (κ3) is 5.25. The van der Waals surface area contributed by atoms with E-state index in [1.807, 2.05) is 12.3 Å². The molecule has 0 saturated carbocycles. The summed E-state index contributed by atoms with van der Waals surface area (Å²) in [4.78, 5) is 6.62. The van der Waals surface area contributed by atoms with E-state index in [0.29, 0.717) is 6.54 Å². The number of nitrogens with one attached hydrogen (secondary N) is 1. The van der Waals surface area contributed by atoms with Crippen LogP contribution in [0, 0.1) is 0 Å². The van der Waals surface area contributed by atoms with Crippen molar-refractivity contribution in [1.82, 2.24) is 15.2 Å². The number of fused-ring (bicyclic) bond motifs is 1. The smallest absolute Gasteiger partial charge is 0.0819 e. The largest absolute Gasteiger partial charge is 0.390 e. The number of nitrogens with zero attached hydrogens (tertiary/aromatic N) is 2. The second-order valence-electron chi connectivity index (χ2n) is 9.23. The first kappa shape index (κ1) is 21.0. The van der Waals surface area contributed by atoms with Crippen molar-refractivity contribution in [3.05, 3.63) is 78.1 Å². The lowest BCUT2D eigenvalue weighted by Gasteiger charge is -2.33. The zero-order valence-electron chi connectivity index (χ0n) is 18.1. The van der Waals surface area contributed by atoms with Gasteiger partial charge in [-0.1, -0.05) is 48.5 Å². The quantitative estimate of drug-likeness (QED) is 0.593. The number of pyridine rings is 1. The Kier molecular flexibility index (Phi) is 6.47. The molecule has 1 saturated heterocycles. The van der Waals surface area contributed by atoms with Crippen LogP contribution in [-0.4, -0.2) is 45.8 Å². The third-order valence-electron chi connectivity index (χ3n) is 6.22. The van der Waals surface area contributed by atoms with Crippen molar-refractivity contribution in [3.63, 3.8) is 0 Å². The normalized spacial score (nSPS) is 18.7. The van der Waals surface area contributed by atoms with Crippen LogP contribution in [0.2, 0.25) is 0 Å². The Labute approximate surface area is 180 Å². The highest BCUT2D eigenvalue weighted by Crippen LogP contribution is 2.23. The number of aromatic nitrogens is 1. The first-order chi connectivity index (χ1) is 14.5. The fraction of sp³-hybridized carbons (Fsp3) is 0.423. The molecule has 0 amide bonds. The van der Waals surface area contributed by atoms with Crippen molar-refractivity contribution in [2.75, 3.05) is 13.1 Å². The summed E-state index contributed by atoms with van der Waals surface area (Å²) in [6.45, 7) is 6.94. The van der Waals surface area contributed by atoms with Crippen LogP contribution < -0.4 is 5.32 Å². The Morgan fingerprint density at radius 3 is 2.73 bits per heavy atom. The van der Waals surface area contributed by atoms with E-state index in [1.165, 1.54) is 21.9 Å². The maximum Gasteiger partial charge on any atom is 0.0819 e. The summed E-state index contributed by atoms with van der Waals surface area (Å²) >= 11 is 0. The number of hydrogen-bond donors (Lipinski definition) is 2. The van der Waals surface area contributed by atoms with Crippen LogP contribution in [0.3, 0.4) is 0 Å². The van der Waals surface area contributed by atoms with Crippen molar-refractivity contribution >= 4 is 10.8 Å². The predicted molar refractivity (Wildman–Crippen MR) is 123 cm³/mol. The van der Waals surface area contributed by atoms with E-state index in [1.54, 1.807) is 6.20 Å². The molecule has 4 rings (SSSR count). The van der Waals surface area contributed by atoms with Gasteiger partial charge in [-0.2, -0.15) is 0 Å². The summed E-state index contributed by atoms with van der Waals surface area (Å²) in [5, 5.41) is 17.1. The molecule has 0 aliphatic carbocycles. The first-order valence-corrected chi connectivity index (χ1v) is 11.0. The van der Waals surface area contributed by atoms with E-state index in [0.717, 1.165) is 32.4 Å². The number of benzene rings is 2. The maximum absolute atomic E-state index is 10.9. The molecule has 4 nitrogen and oxygen atoms in total. The zero-order valence-corrected chi connectivity index (χ0v) is 18.1. The third-order valence-corrected chi connectivity index (χ3v) is 6.22. The minimum absolute atomic E-state index is 0.0871. The molecule has 2 atom stereocenters. The highest BCUT2D eigenvalue weighted by Gasteiger charge is 2.31. The van der Waals surface area contributed by atoms with Crippen LogP contribution in [0.4, 0.5) is 0 Å². The molecule has 158 valence electrons. The summed E-state index contributed by atoms with van der Waals surface area (Å²) in [5.74, 6) is 0. The van der Waals surface area contributed by atoms with Gasteiger partial charge in [-0.05, 0) is 67.6 Å². The van der Waals surface area contributed by atoms with Gasteiger partial charge in [-0.25, -0.2) is 0 Å². The van der Waals surface area contributed by atoms with Gasteiger partial charge in [0.2, 0.25) is 0 Å². The van der Waals surface area contributed by atoms with E-state index < -0.39 is 0 Å². The molecule has 1 aromatic heterocycles. The number of aliphatic hydroxyl groups is 1. The van der Waals surface area contributed by atoms with Crippen LogP contribution in [0.1, 0.15) is 37.8 Å². The topological polar surface area (TPSA) is 48.4 Å². The van der Waals surface area contributed by atoms with Gasteiger partial charge in [-0.15, -0.1) is 0 Å². The van der Waals surface area contributed by atoms with Gasteiger partial charge in [-0.3, -0.25) is 9.88 Å². The maximum atomic E-state index is 10.9. The molecular weight excluding hydrogens is 370 g/mol. The van der Waals surface area contributed by atoms with Gasteiger partial charge >= 0.3 is 0 Å². The Balaban J connectivity index is 1.33. The molecular formula is C26H33N3O. The number of likely N-dealkylation sites (tertiary alicyclic amines) is 1. The molecule has 0 bridgehead atoms. The van der Waals surface area contributed by atoms with Gasteiger partial charge in [0.1, 0.15) is 0 Å². The fourth-order valence-corrected chi connectivity index (χ4v) is 4.65. The van der Waals surface area contributed by atoms with Crippen molar-refractivity contribution in [2.24, 2.45) is 0 Å². The van der Waals surface area contributed by atoms with E-state index in [9.17, 15) is 5.11 Å². The van der Waals surface area contributed by atoms with E-state index >= 15 is 0 Å². The zero-order chi connectivity index (χ0) is 21.0. The highest BCUT2D eigenvalue weighted by molar-refractivity contribution is 5.83. The van der Waals surface area contributed by atoms with E-state index in [-0.39, 0.29) is 17.7 Å². The van der Waals surface area contributed by atoms with E-state index in [2.05, 4.69) is 77.6 Å². The Bertz CT molecular complexity index is 957. The molecule has 1 aliphatic heterocycles. The SMILES string of the molecule is CC(C)(Cc1ccc2ccccc2c1)NC[C@@H](O)[C@H]1CCCN1Cc1cccnc1. The Morgan fingerprint density at radius 2 is 1.93 bits per heavy atom. The summed E-state index contributed by atoms with van der Waals surface area (Å²) < 4.78 is 0. The van der Waals surface area contributed by atoms with Gasteiger partial charge < -0.3 is 10.4 Å². The van der Waals surface area contributed by atoms with Crippen LogP contribution in [0.5, 0.6) is 0 Å². The number of rotatable bonds is 8. The lowest BCUT2D eigenvalue weighted by atomic mass is 9.93. The molecule has 2 heterocycles. The molecule has 3 aromatic rings. The summed E-state index contributed by atoms with van der Waals surface area (Å²) in [6, 6.07) is 19.5. The second-order valence-corrected chi connectivity index (χ2v) is 9.23. The minimum atomic E-state index is -0.375. The molecule has 30 heavy (non-hydrogen) atoms. The molecule has 0 radical (unpaired) electrons. The molecule has 1 fully saturated rings. The molecule has 4 heteroatoms. The molecule has 0 spiro atoms. The van der Waals surface area contributed by atoms with Crippen LogP contribution in [0.25, 0.3) is 10.8 Å². The minimum Gasteiger partial charge on any atom is -0.390 e. The summed E-state index contributed by atoms with van der Waals surface area (Å²) in [6.07, 6.45) is 6.47. The molecule has 2 aromatic carbocycles. The van der Waals surface area contributed by atoms with Gasteiger partial charge in [0.15, 0.2) is 0 Å². The summed E-state index contributed by atoms with van der Waals surface area (Å²) in [5.41, 5.74) is 2.44. The monoisotopic (exact) mass is 403 g/mol. The predicted octanol–water partition coefficient (Wildman–Crippen LogP) is 4.17. The van der Waals surface area contributed by atoms with Crippen molar-refractivity contribution in [3.8, 4) is 0 Å².